The minimum atomic E-state index is -3.84. The molecule has 0 saturated heterocycles. The molecule has 0 aliphatic rings. The van der Waals surface area contributed by atoms with E-state index in [1.165, 1.54) is 23.5 Å². The zero-order valence-corrected chi connectivity index (χ0v) is 19.0. The van der Waals surface area contributed by atoms with Crippen molar-refractivity contribution in [3.63, 3.8) is 0 Å². The van der Waals surface area contributed by atoms with Crippen LogP contribution in [0.5, 0.6) is 0 Å². The maximum Gasteiger partial charge on any atom is 0.264 e. The summed E-state index contributed by atoms with van der Waals surface area (Å²) in [6, 6.07) is 20.4. The van der Waals surface area contributed by atoms with Gasteiger partial charge in [0.15, 0.2) is 5.82 Å². The average Bonchev–Trinajstić information content (AvgIpc) is 3.26. The largest absolute Gasteiger partial charge is 0.305 e. The zero-order valence-electron chi connectivity index (χ0n) is 18.2. The van der Waals surface area contributed by atoms with Gasteiger partial charge in [0.2, 0.25) is 0 Å². The third-order valence-corrected chi connectivity index (χ3v) is 6.87. The van der Waals surface area contributed by atoms with Crippen molar-refractivity contribution in [3.05, 3.63) is 102 Å². The molecule has 4 rings (SSSR count). The second kappa shape index (κ2) is 9.25. The van der Waals surface area contributed by atoms with Crippen LogP contribution in [0.15, 0.2) is 90.1 Å². The molecule has 1 N–H and O–H groups in total. The molecule has 2 heterocycles. The maximum atomic E-state index is 13.1. The fraction of sp³-hybridized carbons (Fsp3) is 0.125. The molecule has 0 saturated carbocycles. The molecule has 0 unspecified atom stereocenters. The zero-order chi connectivity index (χ0) is 23.4. The SMILES string of the molecule is Cc1ccc(N(C)S(=O)(=O)c2cccc(C(=O)Nc3ccn(Cc4ccccn4)n3)c2)cc1. The summed E-state index contributed by atoms with van der Waals surface area (Å²) in [7, 11) is -2.35. The molecule has 33 heavy (non-hydrogen) atoms. The van der Waals surface area contributed by atoms with Crippen molar-refractivity contribution in [1.29, 1.82) is 0 Å². The average molecular weight is 462 g/mol. The van der Waals surface area contributed by atoms with Gasteiger partial charge in [-0.3, -0.25) is 18.8 Å². The summed E-state index contributed by atoms with van der Waals surface area (Å²) in [6.45, 7) is 2.40. The van der Waals surface area contributed by atoms with Crippen molar-refractivity contribution >= 4 is 27.4 Å². The number of aryl methyl sites for hydroxylation is 1. The van der Waals surface area contributed by atoms with Crippen LogP contribution >= 0.6 is 0 Å². The lowest BCUT2D eigenvalue weighted by Crippen LogP contribution is -2.26. The summed E-state index contributed by atoms with van der Waals surface area (Å²) in [5.74, 6) is -0.0888. The molecular weight excluding hydrogens is 438 g/mol. The van der Waals surface area contributed by atoms with Crippen molar-refractivity contribution in [2.24, 2.45) is 0 Å². The fourth-order valence-corrected chi connectivity index (χ4v) is 4.45. The number of anilines is 2. The molecular formula is C24H23N5O3S. The number of rotatable bonds is 7. The second-order valence-corrected chi connectivity index (χ2v) is 9.48. The highest BCUT2D eigenvalue weighted by Crippen LogP contribution is 2.23. The van der Waals surface area contributed by atoms with Gasteiger partial charge in [-0.2, -0.15) is 5.10 Å². The van der Waals surface area contributed by atoms with E-state index in [0.717, 1.165) is 11.3 Å². The quantitative estimate of drug-likeness (QED) is 0.453. The van der Waals surface area contributed by atoms with E-state index in [1.807, 2.05) is 37.3 Å². The molecule has 0 fully saturated rings. The van der Waals surface area contributed by atoms with Gasteiger partial charge in [-0.25, -0.2) is 8.42 Å². The number of pyridine rings is 1. The summed E-state index contributed by atoms with van der Waals surface area (Å²) in [4.78, 5) is 17.0. The van der Waals surface area contributed by atoms with Crippen LogP contribution in [0.2, 0.25) is 0 Å². The normalized spacial score (nSPS) is 11.2. The van der Waals surface area contributed by atoms with Crippen molar-refractivity contribution in [3.8, 4) is 0 Å². The van der Waals surface area contributed by atoms with E-state index in [4.69, 9.17) is 0 Å². The predicted octanol–water partition coefficient (Wildman–Crippen LogP) is 3.71. The predicted molar refractivity (Wildman–Crippen MR) is 127 cm³/mol. The van der Waals surface area contributed by atoms with Gasteiger partial charge in [-0.1, -0.05) is 29.8 Å². The number of sulfonamides is 1. The van der Waals surface area contributed by atoms with Crippen molar-refractivity contribution < 1.29 is 13.2 Å². The third-order valence-electron chi connectivity index (χ3n) is 5.08. The van der Waals surface area contributed by atoms with E-state index in [2.05, 4.69) is 15.4 Å². The number of amides is 1. The molecule has 2 aromatic carbocycles. The van der Waals surface area contributed by atoms with Crippen molar-refractivity contribution in [2.75, 3.05) is 16.7 Å². The molecule has 0 spiro atoms. The van der Waals surface area contributed by atoms with Crippen LogP contribution in [0, 0.1) is 6.92 Å². The first kappa shape index (κ1) is 22.2. The van der Waals surface area contributed by atoms with Gasteiger partial charge in [-0.15, -0.1) is 0 Å². The first-order valence-corrected chi connectivity index (χ1v) is 11.7. The van der Waals surface area contributed by atoms with Gasteiger partial charge in [0.25, 0.3) is 15.9 Å². The van der Waals surface area contributed by atoms with Gasteiger partial charge in [-0.05, 0) is 49.4 Å². The van der Waals surface area contributed by atoms with Gasteiger partial charge < -0.3 is 5.32 Å². The van der Waals surface area contributed by atoms with Crippen LogP contribution in [-0.4, -0.2) is 36.1 Å². The number of hydrogen-bond donors (Lipinski definition) is 1. The molecule has 168 valence electrons. The highest BCUT2D eigenvalue weighted by Gasteiger charge is 2.22. The van der Waals surface area contributed by atoms with Crippen molar-refractivity contribution in [2.45, 2.75) is 18.4 Å². The minimum Gasteiger partial charge on any atom is -0.305 e. The van der Waals surface area contributed by atoms with Crippen LogP contribution in [-0.2, 0) is 16.6 Å². The van der Waals surface area contributed by atoms with E-state index in [9.17, 15) is 13.2 Å². The molecule has 0 atom stereocenters. The Hall–Kier alpha value is -3.98. The molecule has 9 heteroatoms. The number of aromatic nitrogens is 3. The molecule has 2 aromatic heterocycles. The lowest BCUT2D eigenvalue weighted by molar-refractivity contribution is 0.102. The Balaban J connectivity index is 1.49. The van der Waals surface area contributed by atoms with E-state index >= 15 is 0 Å². The topological polar surface area (TPSA) is 97.2 Å². The highest BCUT2D eigenvalue weighted by atomic mass is 32.2. The Morgan fingerprint density at radius 2 is 1.82 bits per heavy atom. The van der Waals surface area contributed by atoms with Crippen LogP contribution in [0.25, 0.3) is 0 Å². The second-order valence-electron chi connectivity index (χ2n) is 7.51. The van der Waals surface area contributed by atoms with Gasteiger partial charge >= 0.3 is 0 Å². The van der Waals surface area contributed by atoms with E-state index in [1.54, 1.807) is 47.4 Å². The number of benzene rings is 2. The molecule has 0 radical (unpaired) electrons. The van der Waals surface area contributed by atoms with E-state index in [-0.39, 0.29) is 10.5 Å². The molecule has 8 nitrogen and oxygen atoms in total. The lowest BCUT2D eigenvalue weighted by atomic mass is 10.2. The molecule has 1 amide bonds. The van der Waals surface area contributed by atoms with Gasteiger partial charge in [0, 0.05) is 31.1 Å². The van der Waals surface area contributed by atoms with E-state index < -0.39 is 15.9 Å². The van der Waals surface area contributed by atoms with Crippen LogP contribution in [0.3, 0.4) is 0 Å². The number of nitrogens with one attached hydrogen (secondary N) is 1. The summed E-state index contributed by atoms with van der Waals surface area (Å²) >= 11 is 0. The Morgan fingerprint density at radius 1 is 1.03 bits per heavy atom. The Morgan fingerprint density at radius 3 is 2.55 bits per heavy atom. The number of hydrogen-bond acceptors (Lipinski definition) is 5. The highest BCUT2D eigenvalue weighted by molar-refractivity contribution is 7.92. The molecule has 0 bridgehead atoms. The van der Waals surface area contributed by atoms with Gasteiger partial charge in [0.05, 0.1) is 22.8 Å². The number of nitrogens with zero attached hydrogens (tertiary/aromatic N) is 4. The standard InChI is InChI=1S/C24H23N5O3S/c1-18-9-11-21(12-10-18)28(2)33(31,32)22-8-5-6-19(16-22)24(30)26-23-13-15-29(27-23)17-20-7-3-4-14-25-20/h3-16H,17H2,1-2H3,(H,26,27,30). The molecule has 0 aliphatic carbocycles. The lowest BCUT2D eigenvalue weighted by Gasteiger charge is -2.20. The Kier molecular flexibility index (Phi) is 6.23. The molecule has 4 aromatic rings. The summed E-state index contributed by atoms with van der Waals surface area (Å²) in [5, 5.41) is 7.05. The fourth-order valence-electron chi connectivity index (χ4n) is 3.21. The number of carbonyl (C=O) groups excluding carboxylic acids is 1. The third kappa shape index (κ3) is 5.09. The Bertz CT molecular complexity index is 1370. The van der Waals surface area contributed by atoms with Crippen LogP contribution < -0.4 is 9.62 Å². The first-order chi connectivity index (χ1) is 15.8. The first-order valence-electron chi connectivity index (χ1n) is 10.2. The summed E-state index contributed by atoms with van der Waals surface area (Å²) < 4.78 is 29.1. The monoisotopic (exact) mass is 461 g/mol. The summed E-state index contributed by atoms with van der Waals surface area (Å²) in [5.41, 5.74) is 2.63. The van der Waals surface area contributed by atoms with Gasteiger partial charge in [0.1, 0.15) is 0 Å². The minimum absolute atomic E-state index is 0.0268. The summed E-state index contributed by atoms with van der Waals surface area (Å²) in [6.07, 6.45) is 3.44. The van der Waals surface area contributed by atoms with E-state index in [0.29, 0.717) is 18.1 Å². The maximum absolute atomic E-state index is 13.1. The van der Waals surface area contributed by atoms with Crippen LogP contribution in [0.4, 0.5) is 11.5 Å². The smallest absolute Gasteiger partial charge is 0.264 e. The van der Waals surface area contributed by atoms with Crippen molar-refractivity contribution in [1.82, 2.24) is 14.8 Å². The van der Waals surface area contributed by atoms with Crippen LogP contribution in [0.1, 0.15) is 21.6 Å². The Labute approximate surface area is 192 Å². The number of carbonyl (C=O) groups is 1. The molecule has 0 aliphatic heterocycles.